The van der Waals surface area contributed by atoms with Gasteiger partial charge in [0.1, 0.15) is 0 Å². The zero-order valence-electron chi connectivity index (χ0n) is 12.9. The Bertz CT molecular complexity index is 314. The minimum absolute atomic E-state index is 0.180. The Labute approximate surface area is 122 Å². The minimum Gasteiger partial charge on any atom is -0.469 e. The summed E-state index contributed by atoms with van der Waals surface area (Å²) >= 11 is 0. The second-order valence-electron chi connectivity index (χ2n) is 5.21. The van der Waals surface area contributed by atoms with E-state index in [1.165, 1.54) is 39.5 Å². The smallest absolute Gasteiger partial charge is 0.310 e. The van der Waals surface area contributed by atoms with Crippen molar-refractivity contribution in [2.75, 3.05) is 46.9 Å². The second-order valence-corrected chi connectivity index (χ2v) is 5.21. The second kappa shape index (κ2) is 9.58. The van der Waals surface area contributed by atoms with Crippen molar-refractivity contribution in [3.63, 3.8) is 0 Å². The van der Waals surface area contributed by atoms with Gasteiger partial charge in [0.25, 0.3) is 0 Å². The van der Waals surface area contributed by atoms with Gasteiger partial charge in [-0.1, -0.05) is 13.3 Å². The van der Waals surface area contributed by atoms with Gasteiger partial charge in [-0.15, -0.1) is 0 Å². The lowest BCUT2D eigenvalue weighted by atomic mass is 10.1. The number of carbonyl (C=O) groups excluding carboxylic acids is 1. The molecule has 1 aliphatic heterocycles. The fraction of sp³-hybridized carbons (Fsp3) is 0.857. The number of esters is 1. The van der Waals surface area contributed by atoms with E-state index >= 15 is 0 Å². The van der Waals surface area contributed by atoms with E-state index in [4.69, 9.17) is 4.74 Å². The maximum Gasteiger partial charge on any atom is 0.310 e. The molecule has 0 aliphatic carbocycles. The first-order chi connectivity index (χ1) is 9.67. The van der Waals surface area contributed by atoms with Gasteiger partial charge < -0.3 is 20.3 Å². The molecule has 6 nitrogen and oxygen atoms in total. The van der Waals surface area contributed by atoms with Gasteiger partial charge in [0.05, 0.1) is 13.0 Å². The number of nitrogens with one attached hydrogen (secondary N) is 2. The molecule has 1 saturated heterocycles. The summed E-state index contributed by atoms with van der Waals surface area (Å²) in [6.07, 6.45) is 3.98. The van der Waals surface area contributed by atoms with E-state index in [1.54, 1.807) is 7.05 Å². The highest BCUT2D eigenvalue weighted by molar-refractivity contribution is 5.80. The number of hydrogen-bond acceptors (Lipinski definition) is 4. The van der Waals surface area contributed by atoms with Gasteiger partial charge >= 0.3 is 5.97 Å². The monoisotopic (exact) mass is 284 g/mol. The van der Waals surface area contributed by atoms with Gasteiger partial charge in [-0.05, 0) is 25.9 Å². The lowest BCUT2D eigenvalue weighted by molar-refractivity contribution is -0.144. The number of aliphatic imine (C=N–C) groups is 1. The van der Waals surface area contributed by atoms with Crippen molar-refractivity contribution >= 4 is 11.9 Å². The molecular weight excluding hydrogens is 256 g/mol. The molecule has 0 spiro atoms. The maximum atomic E-state index is 11.3. The number of carbonyl (C=O) groups is 1. The topological polar surface area (TPSA) is 66.0 Å². The van der Waals surface area contributed by atoms with Gasteiger partial charge in [0.2, 0.25) is 0 Å². The molecule has 20 heavy (non-hydrogen) atoms. The van der Waals surface area contributed by atoms with E-state index in [2.05, 4.69) is 20.5 Å². The van der Waals surface area contributed by atoms with E-state index in [9.17, 15) is 4.79 Å². The van der Waals surface area contributed by atoms with Crippen LogP contribution in [0.4, 0.5) is 0 Å². The molecule has 0 aromatic rings. The maximum absolute atomic E-state index is 11.3. The van der Waals surface area contributed by atoms with E-state index in [0.717, 1.165) is 19.0 Å². The Morgan fingerprint density at radius 3 is 2.60 bits per heavy atom. The molecule has 1 fully saturated rings. The van der Waals surface area contributed by atoms with Crippen LogP contribution >= 0.6 is 0 Å². The van der Waals surface area contributed by atoms with Crippen LogP contribution in [0.15, 0.2) is 4.99 Å². The third-order valence-electron chi connectivity index (χ3n) is 3.57. The summed E-state index contributed by atoms with van der Waals surface area (Å²) < 4.78 is 4.69. The van der Waals surface area contributed by atoms with Gasteiger partial charge in [-0.3, -0.25) is 9.79 Å². The molecule has 0 aromatic carbocycles. The molecule has 6 heteroatoms. The molecule has 0 bridgehead atoms. The molecule has 1 unspecified atom stereocenters. The van der Waals surface area contributed by atoms with Gasteiger partial charge in [0, 0.05) is 26.7 Å². The molecule has 0 amide bonds. The SMILES string of the molecule is CN=C(NCCN1CCCCC1)NCC(C)C(=O)OC. The predicted octanol–water partition coefficient (Wildman–Crippen LogP) is 0.446. The van der Waals surface area contributed by atoms with Crippen LogP contribution in [0.2, 0.25) is 0 Å². The first kappa shape index (κ1) is 16.8. The minimum atomic E-state index is -0.207. The lowest BCUT2D eigenvalue weighted by Gasteiger charge is -2.26. The van der Waals surface area contributed by atoms with Crippen LogP contribution in [0.25, 0.3) is 0 Å². The molecule has 0 radical (unpaired) electrons. The first-order valence-corrected chi connectivity index (χ1v) is 7.42. The van der Waals surface area contributed by atoms with Crippen LogP contribution in [-0.4, -0.2) is 63.7 Å². The number of nitrogens with zero attached hydrogens (tertiary/aromatic N) is 2. The fourth-order valence-electron chi connectivity index (χ4n) is 2.27. The summed E-state index contributed by atoms with van der Waals surface area (Å²) in [5, 5.41) is 6.42. The van der Waals surface area contributed by atoms with Gasteiger partial charge in [-0.25, -0.2) is 0 Å². The molecule has 0 saturated carbocycles. The summed E-state index contributed by atoms with van der Waals surface area (Å²) in [7, 11) is 3.14. The third kappa shape index (κ3) is 6.23. The van der Waals surface area contributed by atoms with E-state index in [0.29, 0.717) is 6.54 Å². The average molecular weight is 284 g/mol. The summed E-state index contributed by atoms with van der Waals surface area (Å²) in [5.41, 5.74) is 0. The number of hydrogen-bond donors (Lipinski definition) is 2. The van der Waals surface area contributed by atoms with Crippen LogP contribution in [0, 0.1) is 5.92 Å². The number of rotatable bonds is 6. The Hall–Kier alpha value is -1.30. The van der Waals surface area contributed by atoms with Crippen LogP contribution < -0.4 is 10.6 Å². The quantitative estimate of drug-likeness (QED) is 0.421. The summed E-state index contributed by atoms with van der Waals surface area (Å²) in [5.74, 6) is 0.347. The van der Waals surface area contributed by atoms with E-state index < -0.39 is 0 Å². The molecule has 1 atom stereocenters. The van der Waals surface area contributed by atoms with Crippen LogP contribution in [-0.2, 0) is 9.53 Å². The Kier molecular flexibility index (Phi) is 8.02. The van der Waals surface area contributed by atoms with Crippen molar-refractivity contribution < 1.29 is 9.53 Å². The molecule has 1 aliphatic rings. The van der Waals surface area contributed by atoms with Crippen molar-refractivity contribution in [3.8, 4) is 0 Å². The number of piperidine rings is 1. The van der Waals surface area contributed by atoms with E-state index in [1.807, 2.05) is 6.92 Å². The molecular formula is C14H28N4O2. The Balaban J connectivity index is 2.17. The third-order valence-corrected chi connectivity index (χ3v) is 3.57. The summed E-state index contributed by atoms with van der Waals surface area (Å²) in [4.78, 5) is 17.9. The predicted molar refractivity (Wildman–Crippen MR) is 80.8 cm³/mol. The van der Waals surface area contributed by atoms with E-state index in [-0.39, 0.29) is 11.9 Å². The van der Waals surface area contributed by atoms with Gasteiger partial charge in [-0.2, -0.15) is 0 Å². The average Bonchev–Trinajstić information content (AvgIpc) is 2.50. The normalized spacial score (nSPS) is 18.4. The van der Waals surface area contributed by atoms with Gasteiger partial charge in [0.15, 0.2) is 5.96 Å². The van der Waals surface area contributed by atoms with Crippen molar-refractivity contribution in [1.29, 1.82) is 0 Å². The first-order valence-electron chi connectivity index (χ1n) is 7.42. The van der Waals surface area contributed by atoms with Crippen molar-refractivity contribution in [3.05, 3.63) is 0 Å². The van der Waals surface area contributed by atoms with Crippen molar-refractivity contribution in [2.24, 2.45) is 10.9 Å². The molecule has 0 aromatic heterocycles. The fourth-order valence-corrected chi connectivity index (χ4v) is 2.27. The highest BCUT2D eigenvalue weighted by atomic mass is 16.5. The Morgan fingerprint density at radius 2 is 2.00 bits per heavy atom. The zero-order valence-corrected chi connectivity index (χ0v) is 12.9. The highest BCUT2D eigenvalue weighted by Crippen LogP contribution is 2.07. The zero-order chi connectivity index (χ0) is 14.8. The van der Waals surface area contributed by atoms with Crippen LogP contribution in [0.5, 0.6) is 0 Å². The number of methoxy groups -OCH3 is 1. The molecule has 2 N–H and O–H groups in total. The summed E-state index contributed by atoms with van der Waals surface area (Å²) in [6.45, 7) is 6.66. The van der Waals surface area contributed by atoms with Crippen molar-refractivity contribution in [1.82, 2.24) is 15.5 Å². The van der Waals surface area contributed by atoms with Crippen molar-refractivity contribution in [2.45, 2.75) is 26.2 Å². The lowest BCUT2D eigenvalue weighted by Crippen LogP contribution is -2.44. The number of ether oxygens (including phenoxy) is 1. The van der Waals surface area contributed by atoms with Crippen LogP contribution in [0.1, 0.15) is 26.2 Å². The summed E-state index contributed by atoms with van der Waals surface area (Å²) in [6, 6.07) is 0. The molecule has 1 rings (SSSR count). The van der Waals surface area contributed by atoms with Crippen LogP contribution in [0.3, 0.4) is 0 Å². The molecule has 1 heterocycles. The standard InChI is InChI=1S/C14H28N4O2/c1-12(13(19)20-3)11-17-14(15-2)16-7-10-18-8-5-4-6-9-18/h12H,4-11H2,1-3H3,(H2,15,16,17). The molecule has 116 valence electrons. The largest absolute Gasteiger partial charge is 0.469 e. The highest BCUT2D eigenvalue weighted by Gasteiger charge is 2.13. The number of likely N-dealkylation sites (tertiary alicyclic amines) is 1. The Morgan fingerprint density at radius 1 is 1.30 bits per heavy atom. The number of guanidine groups is 1.